The van der Waals surface area contributed by atoms with E-state index in [9.17, 15) is 4.79 Å². The molecule has 1 amide bonds. The third kappa shape index (κ3) is 5.38. The van der Waals surface area contributed by atoms with Crippen molar-refractivity contribution in [3.8, 4) is 17.2 Å². The van der Waals surface area contributed by atoms with Crippen molar-refractivity contribution in [2.24, 2.45) is 0 Å². The zero-order valence-electron chi connectivity index (χ0n) is 24.6. The first-order chi connectivity index (χ1) is 21.4. The van der Waals surface area contributed by atoms with Gasteiger partial charge in [0, 0.05) is 62.1 Å². The second-order valence-electron chi connectivity index (χ2n) is 11.0. The summed E-state index contributed by atoms with van der Waals surface area (Å²) >= 11 is 0. The van der Waals surface area contributed by atoms with Crippen molar-refractivity contribution in [2.75, 3.05) is 50.5 Å². The monoisotopic (exact) mass is 589 g/mol. The number of carbonyl (C=O) groups is 1. The topological polar surface area (TPSA) is 113 Å². The Kier molecular flexibility index (Phi) is 7.03. The van der Waals surface area contributed by atoms with Gasteiger partial charge >= 0.3 is 0 Å². The maximum Gasteiger partial charge on any atom is 0.250 e. The van der Waals surface area contributed by atoms with Gasteiger partial charge in [-0.05, 0) is 50.8 Å². The molecule has 1 fully saturated rings. The fourth-order valence-corrected chi connectivity index (χ4v) is 5.27. The number of nitrogens with one attached hydrogen (secondary N) is 1. The van der Waals surface area contributed by atoms with Crippen molar-refractivity contribution in [1.82, 2.24) is 34.1 Å². The fraction of sp³-hybridized carbons (Fsp3) is 0.219. The zero-order chi connectivity index (χ0) is 30.2. The molecule has 6 heterocycles. The molecule has 1 aromatic carbocycles. The van der Waals surface area contributed by atoms with E-state index in [1.54, 1.807) is 23.4 Å². The van der Waals surface area contributed by atoms with Gasteiger partial charge in [0.25, 0.3) is 5.91 Å². The Hall–Kier alpha value is -5.49. The van der Waals surface area contributed by atoms with Crippen LogP contribution >= 0.6 is 0 Å². The number of piperazine rings is 1. The molecule has 0 atom stereocenters. The summed E-state index contributed by atoms with van der Waals surface area (Å²) in [6, 6.07) is 11.5. The quantitative estimate of drug-likeness (QED) is 0.272. The molecule has 2 aliphatic rings. The van der Waals surface area contributed by atoms with Crippen LogP contribution in [-0.4, -0.2) is 80.3 Å². The molecule has 0 spiro atoms. The maximum atomic E-state index is 12.9. The van der Waals surface area contributed by atoms with Crippen LogP contribution in [0.5, 0.6) is 17.2 Å². The summed E-state index contributed by atoms with van der Waals surface area (Å²) in [5.41, 5.74) is 4.65. The van der Waals surface area contributed by atoms with Crippen LogP contribution in [0.25, 0.3) is 16.7 Å². The van der Waals surface area contributed by atoms with E-state index in [1.165, 1.54) is 6.33 Å². The number of ether oxygens (including phenoxy) is 2. The Balaban J connectivity index is 1.11. The Morgan fingerprint density at radius 1 is 1.11 bits per heavy atom. The molecule has 4 aromatic heterocycles. The van der Waals surface area contributed by atoms with Crippen LogP contribution in [0, 0.1) is 6.92 Å². The average Bonchev–Trinajstić information content (AvgIpc) is 3.44. The van der Waals surface area contributed by atoms with Gasteiger partial charge in [-0.1, -0.05) is 6.08 Å². The largest absolute Gasteiger partial charge is 0.459 e. The number of fused-ring (bicyclic) bond motifs is 6. The molecule has 12 nitrogen and oxygen atoms in total. The molecule has 0 radical (unpaired) electrons. The van der Waals surface area contributed by atoms with Gasteiger partial charge in [0.2, 0.25) is 0 Å². The van der Waals surface area contributed by atoms with Crippen LogP contribution in [0.4, 0.5) is 17.3 Å². The van der Waals surface area contributed by atoms with Crippen LogP contribution in [0.2, 0.25) is 0 Å². The van der Waals surface area contributed by atoms with Gasteiger partial charge in [-0.2, -0.15) is 0 Å². The fourth-order valence-electron chi connectivity index (χ4n) is 5.27. The molecule has 222 valence electrons. The van der Waals surface area contributed by atoms with E-state index >= 15 is 0 Å². The average molecular weight is 590 g/mol. The normalized spacial score (nSPS) is 14.5. The molecular weight excluding hydrogens is 558 g/mol. The van der Waals surface area contributed by atoms with Gasteiger partial charge in [-0.3, -0.25) is 4.79 Å². The summed E-state index contributed by atoms with van der Waals surface area (Å²) in [6.07, 6.45) is 12.2. The highest BCUT2D eigenvalue weighted by molar-refractivity contribution is 5.91. The summed E-state index contributed by atoms with van der Waals surface area (Å²) in [7, 11) is 3.93. The lowest BCUT2D eigenvalue weighted by Crippen LogP contribution is -2.46. The minimum absolute atomic E-state index is 0.0615. The highest BCUT2D eigenvalue weighted by Gasteiger charge is 2.30. The van der Waals surface area contributed by atoms with Crippen molar-refractivity contribution in [1.29, 1.82) is 0 Å². The second-order valence-corrected chi connectivity index (χ2v) is 11.0. The molecule has 0 aliphatic carbocycles. The van der Waals surface area contributed by atoms with Gasteiger partial charge in [0.15, 0.2) is 17.4 Å². The van der Waals surface area contributed by atoms with Crippen LogP contribution < -0.4 is 19.7 Å². The van der Waals surface area contributed by atoms with Crippen LogP contribution in [0.3, 0.4) is 0 Å². The van der Waals surface area contributed by atoms with Gasteiger partial charge in [-0.25, -0.2) is 19.9 Å². The highest BCUT2D eigenvalue weighted by Crippen LogP contribution is 2.37. The highest BCUT2D eigenvalue weighted by atomic mass is 16.5. The number of aromatic nitrogens is 5. The predicted octanol–water partition coefficient (Wildman–Crippen LogP) is 4.52. The SMILES string of the molecule is Cc1cc(Nc2ncnc3cc4c(nc23)N2CCN(C(=O)/C=C/CN(C)C)C(=CO4)C2)ccc1Oc1ccn2ccnc2c1. The standard InChI is InChI=1S/C32H31N9O3/c1-21-15-22(6-7-26(21)44-24-8-11-39-12-9-33-28(39)16-24)36-31-30-25(34-20-35-31)17-27-32(37-30)40-13-14-41(23(18-40)19-43-27)29(42)5-4-10-38(2)3/h4-9,11-12,15-17,19-20H,10,13-14,18H2,1-3H3,(H,34,35,36)/b5-4+. The van der Waals surface area contributed by atoms with E-state index in [0.717, 1.165) is 28.3 Å². The van der Waals surface area contributed by atoms with Crippen molar-refractivity contribution in [2.45, 2.75) is 6.92 Å². The Morgan fingerprint density at radius 2 is 2.02 bits per heavy atom. The predicted molar refractivity (Wildman–Crippen MR) is 167 cm³/mol. The first-order valence-corrected chi connectivity index (χ1v) is 14.3. The number of amides is 1. The van der Waals surface area contributed by atoms with Crippen molar-refractivity contribution < 1.29 is 14.3 Å². The van der Waals surface area contributed by atoms with Crippen LogP contribution in [0.15, 0.2) is 85.4 Å². The number of imidazole rings is 1. The summed E-state index contributed by atoms with van der Waals surface area (Å²) in [4.78, 5) is 37.0. The summed E-state index contributed by atoms with van der Waals surface area (Å²) in [5.74, 6) is 3.24. The molecule has 12 heteroatoms. The lowest BCUT2D eigenvalue weighted by Gasteiger charge is -2.35. The van der Waals surface area contributed by atoms with E-state index < -0.39 is 0 Å². The number of rotatable bonds is 7. The van der Waals surface area contributed by atoms with E-state index in [-0.39, 0.29) is 5.91 Å². The van der Waals surface area contributed by atoms with Crippen LogP contribution in [0.1, 0.15) is 5.56 Å². The molecule has 0 saturated carbocycles. The van der Waals surface area contributed by atoms with Crippen molar-refractivity contribution in [3.05, 3.63) is 91.0 Å². The third-order valence-electron chi connectivity index (χ3n) is 7.50. The Labute approximate surface area is 253 Å². The molecule has 1 N–H and O–H groups in total. The van der Waals surface area contributed by atoms with E-state index in [2.05, 4.69) is 25.2 Å². The number of nitrogens with zero attached hydrogens (tertiary/aromatic N) is 8. The third-order valence-corrected chi connectivity index (χ3v) is 7.50. The smallest absolute Gasteiger partial charge is 0.250 e. The number of carbonyl (C=O) groups excluding carboxylic acids is 1. The van der Waals surface area contributed by atoms with Crippen LogP contribution in [-0.2, 0) is 4.79 Å². The Bertz CT molecular complexity index is 1950. The van der Waals surface area contributed by atoms with Gasteiger partial charge in [0.05, 0.1) is 17.8 Å². The second kappa shape index (κ2) is 11.3. The van der Waals surface area contributed by atoms with Gasteiger partial charge in [0.1, 0.15) is 35.3 Å². The Morgan fingerprint density at radius 3 is 2.89 bits per heavy atom. The zero-order valence-corrected chi connectivity index (χ0v) is 24.6. The lowest BCUT2D eigenvalue weighted by molar-refractivity contribution is -0.124. The first-order valence-electron chi connectivity index (χ1n) is 14.3. The molecule has 2 bridgehead atoms. The minimum Gasteiger partial charge on any atom is -0.459 e. The number of aryl methyl sites for hydroxylation is 1. The summed E-state index contributed by atoms with van der Waals surface area (Å²) in [5, 5.41) is 3.41. The van der Waals surface area contributed by atoms with Gasteiger partial charge in [-0.15, -0.1) is 0 Å². The summed E-state index contributed by atoms with van der Waals surface area (Å²) in [6.45, 7) is 4.34. The number of hydrogen-bond acceptors (Lipinski definition) is 10. The minimum atomic E-state index is -0.0615. The molecular formula is C32H31N9O3. The number of hydrogen-bond donors (Lipinski definition) is 1. The number of anilines is 3. The van der Waals surface area contributed by atoms with E-state index in [1.807, 2.05) is 85.2 Å². The maximum absolute atomic E-state index is 12.9. The molecule has 0 unspecified atom stereocenters. The molecule has 44 heavy (non-hydrogen) atoms. The van der Waals surface area contributed by atoms with Crippen molar-refractivity contribution in [3.63, 3.8) is 0 Å². The first kappa shape index (κ1) is 27.3. The van der Waals surface area contributed by atoms with E-state index in [0.29, 0.717) is 60.3 Å². The van der Waals surface area contributed by atoms with Gasteiger partial charge < -0.3 is 33.9 Å². The number of benzene rings is 1. The van der Waals surface area contributed by atoms with E-state index in [4.69, 9.17) is 14.5 Å². The lowest BCUT2D eigenvalue weighted by atomic mass is 10.2. The molecule has 5 aromatic rings. The molecule has 2 aliphatic heterocycles. The molecule has 1 saturated heterocycles. The number of likely N-dealkylation sites (N-methyl/N-ethyl adjacent to an activating group) is 1. The number of pyridine rings is 2. The summed E-state index contributed by atoms with van der Waals surface area (Å²) < 4.78 is 14.1. The molecule has 7 rings (SSSR count). The van der Waals surface area contributed by atoms with Crippen molar-refractivity contribution >= 4 is 39.9 Å².